The summed E-state index contributed by atoms with van der Waals surface area (Å²) in [7, 11) is 0. The van der Waals surface area contributed by atoms with Gasteiger partial charge < -0.3 is 5.73 Å². The normalized spacial score (nSPS) is 13.1. The van der Waals surface area contributed by atoms with Crippen molar-refractivity contribution < 1.29 is 0 Å². The van der Waals surface area contributed by atoms with Gasteiger partial charge in [-0.3, -0.25) is 0 Å². The van der Waals surface area contributed by atoms with Gasteiger partial charge in [-0.25, -0.2) is 0 Å². The van der Waals surface area contributed by atoms with Gasteiger partial charge in [-0.1, -0.05) is 0 Å². The molecule has 2 aromatic rings. The lowest BCUT2D eigenvalue weighted by molar-refractivity contribution is 0.917. The molecule has 15 heavy (non-hydrogen) atoms. The van der Waals surface area contributed by atoms with Crippen LogP contribution in [0.1, 0.15) is 15.8 Å². The molecule has 0 aliphatic rings. The minimum Gasteiger partial charge on any atom is -0.319 e. The number of halogens is 3. The fourth-order valence-corrected chi connectivity index (χ4v) is 4.78. The molecule has 0 saturated carbocycles. The summed E-state index contributed by atoms with van der Waals surface area (Å²) < 4.78 is 3.26. The van der Waals surface area contributed by atoms with Gasteiger partial charge in [0.05, 0.1) is 13.6 Å². The van der Waals surface area contributed by atoms with Crippen LogP contribution >= 0.6 is 70.5 Å². The van der Waals surface area contributed by atoms with Gasteiger partial charge >= 0.3 is 0 Å². The minimum absolute atomic E-state index is 0.0334. The van der Waals surface area contributed by atoms with Gasteiger partial charge in [0.1, 0.15) is 0 Å². The summed E-state index contributed by atoms with van der Waals surface area (Å²) in [6.07, 6.45) is 0. The van der Waals surface area contributed by atoms with Gasteiger partial charge in [0.2, 0.25) is 0 Å². The summed E-state index contributed by atoms with van der Waals surface area (Å²) in [4.78, 5) is 2.33. The Hall–Kier alpha value is 0.800. The van der Waals surface area contributed by atoms with Crippen molar-refractivity contribution in [3.63, 3.8) is 0 Å². The van der Waals surface area contributed by atoms with Crippen molar-refractivity contribution in [2.45, 2.75) is 6.04 Å². The van der Waals surface area contributed by atoms with Crippen LogP contribution in [0.3, 0.4) is 0 Å². The van der Waals surface area contributed by atoms with Gasteiger partial charge in [-0.05, 0) is 66.0 Å². The highest BCUT2D eigenvalue weighted by atomic mass is 79.9. The van der Waals surface area contributed by atoms with Gasteiger partial charge in [0.25, 0.3) is 0 Å². The van der Waals surface area contributed by atoms with E-state index in [0.717, 1.165) is 16.9 Å². The summed E-state index contributed by atoms with van der Waals surface area (Å²) >= 11 is 13.7. The Balaban J connectivity index is 2.31. The molecule has 1 atom stereocenters. The quantitative estimate of drug-likeness (QED) is 0.699. The number of hydrogen-bond donors (Lipinski definition) is 1. The van der Waals surface area contributed by atoms with Crippen LogP contribution in [0.2, 0.25) is 0 Å². The summed E-state index contributed by atoms with van der Waals surface area (Å²) in [5.74, 6) is 0. The molecule has 0 saturated heterocycles. The first-order valence-electron chi connectivity index (χ1n) is 4.03. The second kappa shape index (κ2) is 4.98. The fraction of sp³-hybridized carbons (Fsp3) is 0.111. The highest BCUT2D eigenvalue weighted by molar-refractivity contribution is 9.13. The highest BCUT2D eigenvalue weighted by Crippen LogP contribution is 2.38. The summed E-state index contributed by atoms with van der Waals surface area (Å²) in [6, 6.07) is 6.11. The Morgan fingerprint density at radius 3 is 2.27 bits per heavy atom. The van der Waals surface area contributed by atoms with E-state index < -0.39 is 0 Å². The van der Waals surface area contributed by atoms with Crippen LogP contribution in [0.15, 0.2) is 30.2 Å². The standard InChI is InChI=1S/C9H6Br3NS2/c10-4-3-6(15-9(4)12)8(13)5-1-2-7(11)14-5/h1-3,8H,13H2. The highest BCUT2D eigenvalue weighted by Gasteiger charge is 2.15. The number of rotatable bonds is 2. The first kappa shape index (κ1) is 12.3. The number of hydrogen-bond acceptors (Lipinski definition) is 3. The van der Waals surface area contributed by atoms with Crippen molar-refractivity contribution in [1.82, 2.24) is 0 Å². The third kappa shape index (κ3) is 2.73. The van der Waals surface area contributed by atoms with Crippen LogP contribution in [0.4, 0.5) is 0 Å². The van der Waals surface area contributed by atoms with Crippen LogP contribution in [0.25, 0.3) is 0 Å². The van der Waals surface area contributed by atoms with Crippen molar-refractivity contribution in [1.29, 1.82) is 0 Å². The number of thiophene rings is 2. The van der Waals surface area contributed by atoms with Crippen molar-refractivity contribution in [3.8, 4) is 0 Å². The molecule has 2 heterocycles. The Morgan fingerprint density at radius 2 is 1.80 bits per heavy atom. The lowest BCUT2D eigenvalue weighted by Gasteiger charge is -2.05. The van der Waals surface area contributed by atoms with E-state index in [1.165, 1.54) is 4.88 Å². The molecule has 6 heteroatoms. The predicted molar refractivity (Wildman–Crippen MR) is 77.8 cm³/mol. The van der Waals surface area contributed by atoms with E-state index in [2.05, 4.69) is 59.9 Å². The van der Waals surface area contributed by atoms with E-state index in [-0.39, 0.29) is 6.04 Å². The fourth-order valence-electron chi connectivity index (χ4n) is 1.15. The molecule has 0 aliphatic carbocycles. The van der Waals surface area contributed by atoms with Crippen LogP contribution < -0.4 is 5.73 Å². The van der Waals surface area contributed by atoms with Crippen LogP contribution in [-0.2, 0) is 0 Å². The van der Waals surface area contributed by atoms with E-state index in [1.54, 1.807) is 22.7 Å². The smallest absolute Gasteiger partial charge is 0.0843 e. The van der Waals surface area contributed by atoms with Crippen molar-refractivity contribution in [3.05, 3.63) is 40.0 Å². The first-order chi connectivity index (χ1) is 7.08. The zero-order chi connectivity index (χ0) is 11.0. The summed E-state index contributed by atoms with van der Waals surface area (Å²) in [5.41, 5.74) is 6.17. The molecule has 0 amide bonds. The third-order valence-corrected chi connectivity index (χ3v) is 6.92. The van der Waals surface area contributed by atoms with Crippen molar-refractivity contribution in [2.24, 2.45) is 5.73 Å². The van der Waals surface area contributed by atoms with Gasteiger partial charge in [-0.15, -0.1) is 22.7 Å². The lowest BCUT2D eigenvalue weighted by atomic mass is 10.2. The van der Waals surface area contributed by atoms with E-state index in [4.69, 9.17) is 5.73 Å². The molecule has 0 spiro atoms. The number of nitrogens with two attached hydrogens (primary N) is 1. The molecule has 0 radical (unpaired) electrons. The average Bonchev–Trinajstić information content (AvgIpc) is 2.74. The molecule has 1 nitrogen and oxygen atoms in total. The largest absolute Gasteiger partial charge is 0.319 e. The van der Waals surface area contributed by atoms with Crippen molar-refractivity contribution >= 4 is 70.5 Å². The minimum atomic E-state index is -0.0334. The van der Waals surface area contributed by atoms with Crippen LogP contribution in [0.5, 0.6) is 0 Å². The summed E-state index contributed by atoms with van der Waals surface area (Å²) in [5, 5.41) is 0. The zero-order valence-electron chi connectivity index (χ0n) is 7.34. The van der Waals surface area contributed by atoms with Crippen LogP contribution in [-0.4, -0.2) is 0 Å². The molecule has 0 aliphatic heterocycles. The van der Waals surface area contributed by atoms with E-state index >= 15 is 0 Å². The molecule has 2 aromatic heterocycles. The molecular weight excluding hydrogens is 426 g/mol. The summed E-state index contributed by atoms with van der Waals surface area (Å²) in [6.45, 7) is 0. The Labute approximate surface area is 121 Å². The molecule has 0 aromatic carbocycles. The molecule has 0 bridgehead atoms. The molecule has 0 fully saturated rings. The maximum atomic E-state index is 6.17. The molecule has 2 rings (SSSR count). The first-order valence-corrected chi connectivity index (χ1v) is 8.04. The maximum absolute atomic E-state index is 6.17. The molecular formula is C9H6Br3NS2. The van der Waals surface area contributed by atoms with E-state index in [1.807, 2.05) is 6.07 Å². The second-order valence-electron chi connectivity index (χ2n) is 2.89. The molecule has 2 N–H and O–H groups in total. The maximum Gasteiger partial charge on any atom is 0.0843 e. The Morgan fingerprint density at radius 1 is 1.07 bits per heavy atom. The van der Waals surface area contributed by atoms with Crippen molar-refractivity contribution in [2.75, 3.05) is 0 Å². The van der Waals surface area contributed by atoms with E-state index in [0.29, 0.717) is 0 Å². The monoisotopic (exact) mass is 429 g/mol. The topological polar surface area (TPSA) is 26.0 Å². The SMILES string of the molecule is NC(c1ccc(Br)s1)c1cc(Br)c(Br)s1. The Kier molecular flexibility index (Phi) is 4.07. The lowest BCUT2D eigenvalue weighted by Crippen LogP contribution is -2.07. The predicted octanol–water partition coefficient (Wildman–Crippen LogP) is 5.15. The average molecular weight is 432 g/mol. The molecule has 1 unspecified atom stereocenters. The van der Waals surface area contributed by atoms with Gasteiger partial charge in [0.15, 0.2) is 0 Å². The molecule has 80 valence electrons. The van der Waals surface area contributed by atoms with Crippen LogP contribution in [0, 0.1) is 0 Å². The zero-order valence-corrected chi connectivity index (χ0v) is 13.7. The van der Waals surface area contributed by atoms with Gasteiger partial charge in [-0.2, -0.15) is 0 Å². The third-order valence-electron chi connectivity index (χ3n) is 1.87. The van der Waals surface area contributed by atoms with Gasteiger partial charge in [0, 0.05) is 14.2 Å². The second-order valence-corrected chi connectivity index (χ2v) is 8.64. The van der Waals surface area contributed by atoms with E-state index in [9.17, 15) is 0 Å². The Bertz CT molecular complexity index is 458.